The van der Waals surface area contributed by atoms with Gasteiger partial charge in [0, 0.05) is 12.1 Å². The van der Waals surface area contributed by atoms with E-state index in [-0.39, 0.29) is 12.5 Å². The molecule has 25 heavy (non-hydrogen) atoms. The number of carboxylic acids is 1. The highest BCUT2D eigenvalue weighted by atomic mass is 16.5. The molecule has 5 heteroatoms. The fourth-order valence-electron chi connectivity index (χ4n) is 3.03. The summed E-state index contributed by atoms with van der Waals surface area (Å²) in [5.74, 6) is -0.525. The summed E-state index contributed by atoms with van der Waals surface area (Å²) in [7, 11) is 0. The lowest BCUT2D eigenvalue weighted by Crippen LogP contribution is -2.25. The molecule has 0 bridgehead atoms. The zero-order chi connectivity index (χ0) is 17.6. The van der Waals surface area contributed by atoms with Gasteiger partial charge in [0.25, 0.3) is 5.91 Å². The molecule has 0 aliphatic heterocycles. The summed E-state index contributed by atoms with van der Waals surface area (Å²) in [6.07, 6.45) is 4.05. The minimum Gasteiger partial charge on any atom is -0.482 e. The molecule has 0 saturated carbocycles. The number of ether oxygens (including phenoxy) is 1. The number of aryl methyl sites for hydroxylation is 2. The van der Waals surface area contributed by atoms with Crippen molar-refractivity contribution in [1.29, 1.82) is 0 Å². The van der Waals surface area contributed by atoms with Gasteiger partial charge in [-0.25, -0.2) is 4.79 Å². The smallest absolute Gasteiger partial charge is 0.341 e. The minimum atomic E-state index is -1.00. The summed E-state index contributed by atoms with van der Waals surface area (Å²) in [6.45, 7) is 0.196. The lowest BCUT2D eigenvalue weighted by Gasteiger charge is -2.08. The Morgan fingerprint density at radius 1 is 1.04 bits per heavy atom. The Bertz CT molecular complexity index is 768. The quantitative estimate of drug-likeness (QED) is 0.813. The maximum atomic E-state index is 12.3. The molecule has 1 aliphatic rings. The van der Waals surface area contributed by atoms with Crippen molar-refractivity contribution in [2.24, 2.45) is 0 Å². The SMILES string of the molecule is O=C(O)COc1ccc(CCNC(=O)c2ccc3c(c2)CCC3)cc1. The topological polar surface area (TPSA) is 75.6 Å². The van der Waals surface area contributed by atoms with Gasteiger partial charge in [-0.3, -0.25) is 4.79 Å². The molecule has 0 aromatic heterocycles. The van der Waals surface area contributed by atoms with Crippen molar-refractivity contribution in [2.75, 3.05) is 13.2 Å². The average molecular weight is 339 g/mol. The number of nitrogens with one attached hydrogen (secondary N) is 1. The number of aliphatic carboxylic acids is 1. The predicted octanol–water partition coefficient (Wildman–Crippen LogP) is 2.61. The van der Waals surface area contributed by atoms with E-state index in [0.29, 0.717) is 18.7 Å². The molecular weight excluding hydrogens is 318 g/mol. The van der Waals surface area contributed by atoms with Gasteiger partial charge in [0.2, 0.25) is 0 Å². The second-order valence-electron chi connectivity index (χ2n) is 6.17. The van der Waals surface area contributed by atoms with Crippen molar-refractivity contribution >= 4 is 11.9 Å². The van der Waals surface area contributed by atoms with Crippen LogP contribution in [0.5, 0.6) is 5.75 Å². The summed E-state index contributed by atoms with van der Waals surface area (Å²) in [5.41, 5.74) is 4.43. The third-order valence-corrected chi connectivity index (χ3v) is 4.35. The normalized spacial score (nSPS) is 12.5. The Balaban J connectivity index is 1.47. The highest BCUT2D eigenvalue weighted by Crippen LogP contribution is 2.22. The molecule has 3 rings (SSSR count). The standard InChI is InChI=1S/C20H21NO4/c22-19(23)13-25-18-8-4-14(5-9-18)10-11-21-20(24)17-7-6-15-2-1-3-16(15)12-17/h4-9,12H,1-3,10-11,13H2,(H,21,24)(H,22,23). The van der Waals surface area contributed by atoms with E-state index in [1.807, 2.05) is 24.3 Å². The van der Waals surface area contributed by atoms with Crippen LogP contribution >= 0.6 is 0 Å². The Morgan fingerprint density at radius 3 is 2.56 bits per heavy atom. The summed E-state index contributed by atoms with van der Waals surface area (Å²) < 4.78 is 5.09. The van der Waals surface area contributed by atoms with Crippen LogP contribution in [0.3, 0.4) is 0 Å². The van der Waals surface area contributed by atoms with Gasteiger partial charge >= 0.3 is 5.97 Å². The van der Waals surface area contributed by atoms with Gasteiger partial charge in [0.15, 0.2) is 6.61 Å². The lowest BCUT2D eigenvalue weighted by atomic mass is 10.1. The summed E-state index contributed by atoms with van der Waals surface area (Å²) in [4.78, 5) is 22.7. The van der Waals surface area contributed by atoms with Crippen LogP contribution in [0.1, 0.15) is 33.5 Å². The monoisotopic (exact) mass is 339 g/mol. The highest BCUT2D eigenvalue weighted by Gasteiger charge is 2.13. The predicted molar refractivity (Wildman–Crippen MR) is 94.1 cm³/mol. The fraction of sp³-hybridized carbons (Fsp3) is 0.300. The van der Waals surface area contributed by atoms with Crippen LogP contribution < -0.4 is 10.1 Å². The second-order valence-corrected chi connectivity index (χ2v) is 6.17. The molecule has 2 aromatic carbocycles. The minimum absolute atomic E-state index is 0.0453. The van der Waals surface area contributed by atoms with Gasteiger partial charge in [-0.2, -0.15) is 0 Å². The highest BCUT2D eigenvalue weighted by molar-refractivity contribution is 5.94. The molecule has 0 saturated heterocycles. The number of rotatable bonds is 7. The third-order valence-electron chi connectivity index (χ3n) is 4.35. The van der Waals surface area contributed by atoms with Crippen molar-refractivity contribution in [2.45, 2.75) is 25.7 Å². The number of carbonyl (C=O) groups is 2. The number of amides is 1. The van der Waals surface area contributed by atoms with E-state index in [1.54, 1.807) is 12.1 Å². The molecule has 1 aliphatic carbocycles. The van der Waals surface area contributed by atoms with Gasteiger partial charge in [-0.05, 0) is 66.6 Å². The molecule has 0 heterocycles. The Hall–Kier alpha value is -2.82. The third kappa shape index (κ3) is 4.59. The number of carboxylic acid groups (broad SMARTS) is 1. The van der Waals surface area contributed by atoms with Crippen molar-refractivity contribution < 1.29 is 19.4 Å². The average Bonchev–Trinajstić information content (AvgIpc) is 3.08. The molecule has 0 atom stereocenters. The molecule has 5 nitrogen and oxygen atoms in total. The van der Waals surface area contributed by atoms with Crippen LogP contribution in [-0.2, 0) is 24.1 Å². The second kappa shape index (κ2) is 7.83. The largest absolute Gasteiger partial charge is 0.482 e. The van der Waals surface area contributed by atoms with E-state index in [2.05, 4.69) is 11.4 Å². The molecule has 0 fully saturated rings. The van der Waals surface area contributed by atoms with Crippen LogP contribution in [0.2, 0.25) is 0 Å². The molecular formula is C20H21NO4. The number of hydrogen-bond acceptors (Lipinski definition) is 3. The van der Waals surface area contributed by atoms with E-state index < -0.39 is 5.97 Å². The maximum Gasteiger partial charge on any atom is 0.341 e. The molecule has 130 valence electrons. The zero-order valence-electron chi connectivity index (χ0n) is 14.0. The molecule has 1 amide bonds. The Labute approximate surface area is 146 Å². The van der Waals surface area contributed by atoms with Crippen LogP contribution in [0.25, 0.3) is 0 Å². The first kappa shape index (κ1) is 17.0. The van der Waals surface area contributed by atoms with Crippen molar-refractivity contribution in [1.82, 2.24) is 5.32 Å². The number of benzene rings is 2. The van der Waals surface area contributed by atoms with E-state index >= 15 is 0 Å². The van der Waals surface area contributed by atoms with Gasteiger partial charge in [-0.1, -0.05) is 18.2 Å². The number of hydrogen-bond donors (Lipinski definition) is 2. The molecule has 0 spiro atoms. The van der Waals surface area contributed by atoms with Crippen molar-refractivity contribution in [3.63, 3.8) is 0 Å². The fourth-order valence-corrected chi connectivity index (χ4v) is 3.03. The number of carbonyl (C=O) groups excluding carboxylic acids is 1. The van der Waals surface area contributed by atoms with Gasteiger partial charge in [0.1, 0.15) is 5.75 Å². The van der Waals surface area contributed by atoms with Crippen LogP contribution in [0.4, 0.5) is 0 Å². The van der Waals surface area contributed by atoms with E-state index in [0.717, 1.165) is 24.0 Å². The van der Waals surface area contributed by atoms with E-state index in [9.17, 15) is 9.59 Å². The first-order valence-corrected chi connectivity index (χ1v) is 8.45. The van der Waals surface area contributed by atoms with Crippen LogP contribution in [0, 0.1) is 0 Å². The van der Waals surface area contributed by atoms with Crippen LogP contribution in [0.15, 0.2) is 42.5 Å². The molecule has 0 radical (unpaired) electrons. The van der Waals surface area contributed by atoms with E-state index in [4.69, 9.17) is 9.84 Å². The summed E-state index contributed by atoms with van der Waals surface area (Å²) in [6, 6.07) is 13.2. The lowest BCUT2D eigenvalue weighted by molar-refractivity contribution is -0.139. The van der Waals surface area contributed by atoms with Gasteiger partial charge in [0.05, 0.1) is 0 Å². The first-order valence-electron chi connectivity index (χ1n) is 8.45. The Kier molecular flexibility index (Phi) is 5.33. The Morgan fingerprint density at radius 2 is 1.80 bits per heavy atom. The summed E-state index contributed by atoms with van der Waals surface area (Å²) in [5, 5.41) is 11.5. The molecule has 2 aromatic rings. The molecule has 0 unspecified atom stereocenters. The van der Waals surface area contributed by atoms with E-state index in [1.165, 1.54) is 17.5 Å². The zero-order valence-corrected chi connectivity index (χ0v) is 14.0. The molecule has 2 N–H and O–H groups in total. The van der Waals surface area contributed by atoms with Crippen molar-refractivity contribution in [3.8, 4) is 5.75 Å². The van der Waals surface area contributed by atoms with Gasteiger partial charge in [-0.15, -0.1) is 0 Å². The summed E-state index contributed by atoms with van der Waals surface area (Å²) >= 11 is 0. The van der Waals surface area contributed by atoms with Crippen LogP contribution in [-0.4, -0.2) is 30.1 Å². The first-order chi connectivity index (χ1) is 12.1. The maximum absolute atomic E-state index is 12.3. The van der Waals surface area contributed by atoms with Crippen molar-refractivity contribution in [3.05, 3.63) is 64.7 Å². The number of fused-ring (bicyclic) bond motifs is 1. The van der Waals surface area contributed by atoms with Gasteiger partial charge < -0.3 is 15.2 Å².